The average molecular weight is 267 g/mol. The second-order valence-corrected chi connectivity index (χ2v) is 4.71. The summed E-state index contributed by atoms with van der Waals surface area (Å²) in [5.41, 5.74) is 0.850. The molecule has 1 aromatic rings. The van der Waals surface area contributed by atoms with E-state index in [-0.39, 0.29) is 5.91 Å². The highest BCUT2D eigenvalue weighted by atomic mass is 35.5. The first-order valence-electron chi connectivity index (χ1n) is 5.95. The maximum Gasteiger partial charge on any atom is 0.244 e. The van der Waals surface area contributed by atoms with Gasteiger partial charge in [-0.1, -0.05) is 29.8 Å². The standard InChI is InChI=1S/C14H19ClN2O/c1-17(2)11-5-10-16-14(18)9-8-12-6-3-4-7-13(12)15/h3-4,6-9H,5,10-11H2,1-2H3,(H,16,18). The molecular weight excluding hydrogens is 248 g/mol. The van der Waals surface area contributed by atoms with E-state index in [1.54, 1.807) is 12.1 Å². The topological polar surface area (TPSA) is 32.3 Å². The van der Waals surface area contributed by atoms with Crippen LogP contribution >= 0.6 is 11.6 Å². The molecule has 3 nitrogen and oxygen atoms in total. The Balaban J connectivity index is 2.34. The summed E-state index contributed by atoms with van der Waals surface area (Å²) in [5.74, 6) is -0.0892. The molecule has 1 amide bonds. The van der Waals surface area contributed by atoms with E-state index in [1.807, 2.05) is 32.3 Å². The van der Waals surface area contributed by atoms with Crippen LogP contribution in [0.3, 0.4) is 0 Å². The first-order chi connectivity index (χ1) is 8.59. The van der Waals surface area contributed by atoms with Crippen LogP contribution in [0.4, 0.5) is 0 Å². The maximum atomic E-state index is 11.5. The Kier molecular flexibility index (Phi) is 6.47. The van der Waals surface area contributed by atoms with Crippen LogP contribution < -0.4 is 5.32 Å². The summed E-state index contributed by atoms with van der Waals surface area (Å²) in [7, 11) is 4.03. The third-order valence-corrected chi connectivity index (χ3v) is 2.75. The molecule has 1 aromatic carbocycles. The first kappa shape index (κ1) is 14.7. The average Bonchev–Trinajstić information content (AvgIpc) is 2.33. The van der Waals surface area contributed by atoms with Crippen LogP contribution in [-0.2, 0) is 4.79 Å². The van der Waals surface area contributed by atoms with Crippen LogP contribution in [0.15, 0.2) is 30.3 Å². The predicted octanol–water partition coefficient (Wildman–Crippen LogP) is 2.42. The summed E-state index contributed by atoms with van der Waals surface area (Å²) in [6, 6.07) is 7.43. The summed E-state index contributed by atoms with van der Waals surface area (Å²) in [6.45, 7) is 1.65. The van der Waals surface area contributed by atoms with Gasteiger partial charge < -0.3 is 10.2 Å². The minimum Gasteiger partial charge on any atom is -0.353 e. The van der Waals surface area contributed by atoms with Crippen LogP contribution in [-0.4, -0.2) is 38.0 Å². The molecule has 0 saturated heterocycles. The fourth-order valence-electron chi connectivity index (χ4n) is 1.44. The van der Waals surface area contributed by atoms with Gasteiger partial charge in [0, 0.05) is 17.6 Å². The molecule has 0 aliphatic heterocycles. The highest BCUT2D eigenvalue weighted by Crippen LogP contribution is 2.15. The third kappa shape index (κ3) is 5.84. The number of hydrogen-bond acceptors (Lipinski definition) is 2. The van der Waals surface area contributed by atoms with Gasteiger partial charge in [-0.05, 0) is 44.8 Å². The van der Waals surface area contributed by atoms with Crippen molar-refractivity contribution in [2.45, 2.75) is 6.42 Å². The molecule has 0 atom stereocenters. The predicted molar refractivity (Wildman–Crippen MR) is 76.7 cm³/mol. The molecular formula is C14H19ClN2O. The summed E-state index contributed by atoms with van der Waals surface area (Å²) >= 11 is 5.98. The van der Waals surface area contributed by atoms with E-state index in [4.69, 9.17) is 11.6 Å². The fraction of sp³-hybridized carbons (Fsp3) is 0.357. The van der Waals surface area contributed by atoms with Crippen molar-refractivity contribution in [2.75, 3.05) is 27.2 Å². The number of carbonyl (C=O) groups is 1. The minimum atomic E-state index is -0.0892. The Labute approximate surface area is 113 Å². The Morgan fingerprint density at radius 3 is 2.78 bits per heavy atom. The lowest BCUT2D eigenvalue weighted by Crippen LogP contribution is -2.25. The molecule has 1 rings (SSSR count). The van der Waals surface area contributed by atoms with Gasteiger partial charge in [0.2, 0.25) is 5.91 Å². The lowest BCUT2D eigenvalue weighted by atomic mass is 10.2. The summed E-state index contributed by atoms with van der Waals surface area (Å²) < 4.78 is 0. The molecule has 0 saturated carbocycles. The molecule has 0 radical (unpaired) electrons. The maximum absolute atomic E-state index is 11.5. The van der Waals surface area contributed by atoms with E-state index in [1.165, 1.54) is 6.08 Å². The van der Waals surface area contributed by atoms with E-state index in [9.17, 15) is 4.79 Å². The number of carbonyl (C=O) groups excluding carboxylic acids is 1. The number of hydrogen-bond donors (Lipinski definition) is 1. The van der Waals surface area contributed by atoms with E-state index < -0.39 is 0 Å². The molecule has 0 unspecified atom stereocenters. The lowest BCUT2D eigenvalue weighted by Gasteiger charge is -2.08. The molecule has 0 aromatic heterocycles. The monoisotopic (exact) mass is 266 g/mol. The molecule has 4 heteroatoms. The fourth-order valence-corrected chi connectivity index (χ4v) is 1.64. The number of halogens is 1. The van der Waals surface area contributed by atoms with Crippen molar-refractivity contribution in [3.05, 3.63) is 40.9 Å². The van der Waals surface area contributed by atoms with Crippen molar-refractivity contribution in [3.8, 4) is 0 Å². The smallest absolute Gasteiger partial charge is 0.244 e. The molecule has 0 fully saturated rings. The number of nitrogens with one attached hydrogen (secondary N) is 1. The quantitative estimate of drug-likeness (QED) is 0.634. The van der Waals surface area contributed by atoms with Crippen molar-refractivity contribution >= 4 is 23.6 Å². The van der Waals surface area contributed by atoms with Crippen molar-refractivity contribution in [1.29, 1.82) is 0 Å². The van der Waals surface area contributed by atoms with Gasteiger partial charge in [-0.25, -0.2) is 0 Å². The molecule has 0 bridgehead atoms. The van der Waals surface area contributed by atoms with Gasteiger partial charge >= 0.3 is 0 Å². The van der Waals surface area contributed by atoms with Gasteiger partial charge in [-0.3, -0.25) is 4.79 Å². The number of nitrogens with zero attached hydrogens (tertiary/aromatic N) is 1. The zero-order chi connectivity index (χ0) is 13.4. The molecule has 98 valence electrons. The van der Waals surface area contributed by atoms with Gasteiger partial charge in [0.05, 0.1) is 0 Å². The Bertz CT molecular complexity index is 416. The van der Waals surface area contributed by atoms with E-state index in [2.05, 4.69) is 10.2 Å². The van der Waals surface area contributed by atoms with Gasteiger partial charge in [0.1, 0.15) is 0 Å². The zero-order valence-corrected chi connectivity index (χ0v) is 11.6. The van der Waals surface area contributed by atoms with Crippen molar-refractivity contribution in [2.24, 2.45) is 0 Å². The highest BCUT2D eigenvalue weighted by molar-refractivity contribution is 6.32. The normalized spacial score (nSPS) is 11.1. The van der Waals surface area contributed by atoms with Gasteiger partial charge in [-0.2, -0.15) is 0 Å². The third-order valence-electron chi connectivity index (χ3n) is 2.40. The van der Waals surface area contributed by atoms with Crippen LogP contribution in [0.2, 0.25) is 5.02 Å². The first-order valence-corrected chi connectivity index (χ1v) is 6.32. The summed E-state index contributed by atoms with van der Waals surface area (Å²) in [5, 5.41) is 3.48. The van der Waals surface area contributed by atoms with Crippen LogP contribution in [0.25, 0.3) is 6.08 Å². The number of amides is 1. The van der Waals surface area contributed by atoms with Crippen molar-refractivity contribution in [3.63, 3.8) is 0 Å². The number of rotatable bonds is 6. The highest BCUT2D eigenvalue weighted by Gasteiger charge is 1.97. The van der Waals surface area contributed by atoms with Crippen LogP contribution in [0, 0.1) is 0 Å². The Hall–Kier alpha value is -1.32. The molecule has 0 heterocycles. The van der Waals surface area contributed by atoms with Crippen molar-refractivity contribution in [1.82, 2.24) is 10.2 Å². The lowest BCUT2D eigenvalue weighted by molar-refractivity contribution is -0.116. The molecule has 0 spiro atoms. The summed E-state index contributed by atoms with van der Waals surface area (Å²) in [6.07, 6.45) is 4.18. The van der Waals surface area contributed by atoms with Gasteiger partial charge in [0.15, 0.2) is 0 Å². The van der Waals surface area contributed by atoms with E-state index in [0.717, 1.165) is 18.5 Å². The molecule has 0 aliphatic carbocycles. The van der Waals surface area contributed by atoms with Crippen LogP contribution in [0.5, 0.6) is 0 Å². The largest absolute Gasteiger partial charge is 0.353 e. The molecule has 18 heavy (non-hydrogen) atoms. The Morgan fingerprint density at radius 2 is 2.11 bits per heavy atom. The number of benzene rings is 1. The van der Waals surface area contributed by atoms with Gasteiger partial charge in [0.25, 0.3) is 0 Å². The van der Waals surface area contributed by atoms with Crippen LogP contribution in [0.1, 0.15) is 12.0 Å². The molecule has 0 aliphatic rings. The summed E-state index contributed by atoms with van der Waals surface area (Å²) in [4.78, 5) is 13.6. The second kappa shape index (κ2) is 7.90. The SMILES string of the molecule is CN(C)CCCNC(=O)C=Cc1ccccc1Cl. The second-order valence-electron chi connectivity index (χ2n) is 4.30. The zero-order valence-electron chi connectivity index (χ0n) is 10.8. The van der Waals surface area contributed by atoms with E-state index in [0.29, 0.717) is 11.6 Å². The van der Waals surface area contributed by atoms with Crippen molar-refractivity contribution < 1.29 is 4.79 Å². The van der Waals surface area contributed by atoms with Gasteiger partial charge in [-0.15, -0.1) is 0 Å². The Morgan fingerprint density at radius 1 is 1.39 bits per heavy atom. The minimum absolute atomic E-state index is 0.0892. The van der Waals surface area contributed by atoms with E-state index >= 15 is 0 Å². The molecule has 1 N–H and O–H groups in total.